The molecule has 0 rings (SSSR count). The topological polar surface area (TPSA) is 95.5 Å². The van der Waals surface area contributed by atoms with Crippen molar-refractivity contribution in [1.82, 2.24) is 10.0 Å². The van der Waals surface area contributed by atoms with Gasteiger partial charge in [0.25, 0.3) is 0 Å². The van der Waals surface area contributed by atoms with Crippen LogP contribution in [0.1, 0.15) is 27.2 Å². The van der Waals surface area contributed by atoms with Gasteiger partial charge in [0.05, 0.1) is 18.4 Å². The normalized spacial score (nSPS) is 15.1. The average Bonchev–Trinajstić information content (AvgIpc) is 2.39. The Labute approximate surface area is 126 Å². The summed E-state index contributed by atoms with van der Waals surface area (Å²) >= 11 is 1.55. The molecule has 120 valence electrons. The number of nitrogens with one attached hydrogen (secondary N) is 2. The van der Waals surface area contributed by atoms with Crippen LogP contribution in [0.15, 0.2) is 0 Å². The van der Waals surface area contributed by atoms with Gasteiger partial charge in [-0.15, -0.1) is 0 Å². The summed E-state index contributed by atoms with van der Waals surface area (Å²) in [5.74, 6) is 0.302. The second-order valence-electron chi connectivity index (χ2n) is 4.90. The zero-order chi connectivity index (χ0) is 15.8. The molecule has 0 aliphatic carbocycles. The van der Waals surface area contributed by atoms with E-state index < -0.39 is 16.1 Å². The smallest absolute Gasteiger partial charge is 0.238 e. The molecule has 0 aliphatic rings. The molecule has 0 heterocycles. The Morgan fingerprint density at radius 1 is 1.35 bits per heavy atom. The minimum atomic E-state index is -3.44. The second-order valence-corrected chi connectivity index (χ2v) is 7.93. The maximum Gasteiger partial charge on any atom is 0.238 e. The number of hydrogen-bond acceptors (Lipinski definition) is 5. The quantitative estimate of drug-likeness (QED) is 0.532. The molecule has 3 N–H and O–H groups in total. The lowest BCUT2D eigenvalue weighted by Gasteiger charge is -2.24. The number of aliphatic hydroxyl groups is 1. The molecule has 8 heteroatoms. The van der Waals surface area contributed by atoms with Crippen LogP contribution in [0.2, 0.25) is 0 Å². The third kappa shape index (κ3) is 7.47. The molecule has 0 saturated heterocycles. The summed E-state index contributed by atoms with van der Waals surface area (Å²) in [6, 6.07) is -1.16. The molecular weight excluding hydrogens is 300 g/mol. The van der Waals surface area contributed by atoms with Gasteiger partial charge in [0, 0.05) is 0 Å². The molecule has 2 unspecified atom stereocenters. The average molecular weight is 326 g/mol. The predicted octanol–water partition coefficient (Wildman–Crippen LogP) is 0.181. The third-order valence-electron chi connectivity index (χ3n) is 2.96. The summed E-state index contributed by atoms with van der Waals surface area (Å²) in [6.45, 7) is 5.12. The summed E-state index contributed by atoms with van der Waals surface area (Å²) < 4.78 is 25.6. The van der Waals surface area contributed by atoms with Crippen molar-refractivity contribution in [2.24, 2.45) is 5.92 Å². The zero-order valence-electron chi connectivity index (χ0n) is 12.5. The molecular formula is C12H26N2O4S2. The standard InChI is InChI=1S/C12H26N2O4S2/c1-5-20(17,18)14-10(6-7-19-4)12(16)13-11(8-15)9(2)3/h9-11,14-15H,5-8H2,1-4H3,(H,13,16). The molecule has 1 amide bonds. The fourth-order valence-electron chi connectivity index (χ4n) is 1.49. The van der Waals surface area contributed by atoms with E-state index in [4.69, 9.17) is 0 Å². The minimum Gasteiger partial charge on any atom is -0.394 e. The van der Waals surface area contributed by atoms with Crippen molar-refractivity contribution in [3.63, 3.8) is 0 Å². The van der Waals surface area contributed by atoms with E-state index in [0.29, 0.717) is 12.2 Å². The first-order valence-electron chi connectivity index (χ1n) is 6.67. The van der Waals surface area contributed by atoms with E-state index >= 15 is 0 Å². The monoisotopic (exact) mass is 326 g/mol. The summed E-state index contributed by atoms with van der Waals surface area (Å²) in [4.78, 5) is 12.2. The van der Waals surface area contributed by atoms with Crippen LogP contribution in [-0.2, 0) is 14.8 Å². The molecule has 20 heavy (non-hydrogen) atoms. The number of carbonyl (C=O) groups excluding carboxylic acids is 1. The molecule has 0 fully saturated rings. The van der Waals surface area contributed by atoms with Gasteiger partial charge in [0.2, 0.25) is 15.9 Å². The van der Waals surface area contributed by atoms with Crippen molar-refractivity contribution in [3.05, 3.63) is 0 Å². The Morgan fingerprint density at radius 2 is 1.95 bits per heavy atom. The lowest BCUT2D eigenvalue weighted by atomic mass is 10.0. The van der Waals surface area contributed by atoms with Gasteiger partial charge >= 0.3 is 0 Å². The van der Waals surface area contributed by atoms with Crippen LogP contribution >= 0.6 is 11.8 Å². The lowest BCUT2D eigenvalue weighted by Crippen LogP contribution is -2.52. The summed E-state index contributed by atoms with van der Waals surface area (Å²) in [7, 11) is -3.44. The van der Waals surface area contributed by atoms with Crippen molar-refractivity contribution in [2.75, 3.05) is 24.4 Å². The number of sulfonamides is 1. The van der Waals surface area contributed by atoms with Crippen LogP contribution in [0.4, 0.5) is 0 Å². The Kier molecular flexibility index (Phi) is 9.45. The van der Waals surface area contributed by atoms with E-state index in [1.54, 1.807) is 11.8 Å². The van der Waals surface area contributed by atoms with Gasteiger partial charge in [-0.05, 0) is 31.3 Å². The molecule has 0 aromatic rings. The van der Waals surface area contributed by atoms with Crippen LogP contribution in [0.5, 0.6) is 0 Å². The first-order valence-corrected chi connectivity index (χ1v) is 9.72. The SMILES string of the molecule is CCS(=O)(=O)NC(CCSC)C(=O)NC(CO)C(C)C. The first-order chi connectivity index (χ1) is 9.27. The van der Waals surface area contributed by atoms with Gasteiger partial charge in [-0.3, -0.25) is 4.79 Å². The summed E-state index contributed by atoms with van der Waals surface area (Å²) in [5.41, 5.74) is 0. The van der Waals surface area contributed by atoms with Crippen molar-refractivity contribution in [1.29, 1.82) is 0 Å². The highest BCUT2D eigenvalue weighted by Gasteiger charge is 2.25. The molecule has 0 aromatic carbocycles. The molecule has 0 spiro atoms. The maximum absolute atomic E-state index is 12.2. The van der Waals surface area contributed by atoms with Gasteiger partial charge in [0.1, 0.15) is 6.04 Å². The number of aliphatic hydroxyl groups excluding tert-OH is 1. The molecule has 0 saturated carbocycles. The van der Waals surface area contributed by atoms with Crippen LogP contribution in [0.25, 0.3) is 0 Å². The van der Waals surface area contributed by atoms with Gasteiger partial charge in [-0.25, -0.2) is 13.1 Å². The maximum atomic E-state index is 12.2. The van der Waals surface area contributed by atoms with Crippen molar-refractivity contribution >= 4 is 27.7 Å². The number of carbonyl (C=O) groups is 1. The summed E-state index contributed by atoms with van der Waals surface area (Å²) in [6.07, 6.45) is 2.32. The lowest BCUT2D eigenvalue weighted by molar-refractivity contribution is -0.124. The van der Waals surface area contributed by atoms with Crippen molar-refractivity contribution < 1.29 is 18.3 Å². The van der Waals surface area contributed by atoms with Gasteiger partial charge in [-0.1, -0.05) is 13.8 Å². The number of thioether (sulfide) groups is 1. The Hall–Kier alpha value is -0.310. The molecule has 2 atom stereocenters. The van der Waals surface area contributed by atoms with Crippen LogP contribution in [-0.4, -0.2) is 55.9 Å². The molecule has 0 aromatic heterocycles. The van der Waals surface area contributed by atoms with E-state index in [1.807, 2.05) is 20.1 Å². The highest BCUT2D eigenvalue weighted by atomic mass is 32.2. The van der Waals surface area contributed by atoms with Crippen LogP contribution in [0, 0.1) is 5.92 Å². The third-order valence-corrected chi connectivity index (χ3v) is 5.01. The van der Waals surface area contributed by atoms with Gasteiger partial charge in [0.15, 0.2) is 0 Å². The summed E-state index contributed by atoms with van der Waals surface area (Å²) in [5, 5.41) is 11.9. The Balaban J connectivity index is 4.80. The predicted molar refractivity (Wildman–Crippen MR) is 83.2 cm³/mol. The van der Waals surface area contributed by atoms with Crippen LogP contribution < -0.4 is 10.0 Å². The molecule has 0 radical (unpaired) electrons. The number of rotatable bonds is 10. The minimum absolute atomic E-state index is 0.0658. The fourth-order valence-corrected chi connectivity index (χ4v) is 2.78. The Bertz CT molecular complexity index is 385. The van der Waals surface area contributed by atoms with E-state index in [9.17, 15) is 18.3 Å². The van der Waals surface area contributed by atoms with E-state index in [-0.39, 0.29) is 30.2 Å². The second kappa shape index (κ2) is 9.59. The van der Waals surface area contributed by atoms with E-state index in [1.165, 1.54) is 6.92 Å². The largest absolute Gasteiger partial charge is 0.394 e. The van der Waals surface area contributed by atoms with Gasteiger partial charge in [-0.2, -0.15) is 11.8 Å². The van der Waals surface area contributed by atoms with E-state index in [0.717, 1.165) is 0 Å². The van der Waals surface area contributed by atoms with Crippen LogP contribution in [0.3, 0.4) is 0 Å². The molecule has 6 nitrogen and oxygen atoms in total. The fraction of sp³-hybridized carbons (Fsp3) is 0.917. The van der Waals surface area contributed by atoms with E-state index in [2.05, 4.69) is 10.0 Å². The first kappa shape index (κ1) is 19.7. The molecule has 0 bridgehead atoms. The zero-order valence-corrected chi connectivity index (χ0v) is 14.2. The Morgan fingerprint density at radius 3 is 2.35 bits per heavy atom. The highest BCUT2D eigenvalue weighted by Crippen LogP contribution is 2.06. The highest BCUT2D eigenvalue weighted by molar-refractivity contribution is 7.98. The van der Waals surface area contributed by atoms with Crippen molar-refractivity contribution in [2.45, 2.75) is 39.3 Å². The number of amides is 1. The molecule has 0 aliphatic heterocycles. The van der Waals surface area contributed by atoms with Gasteiger partial charge < -0.3 is 10.4 Å². The van der Waals surface area contributed by atoms with Crippen molar-refractivity contribution in [3.8, 4) is 0 Å². The number of hydrogen-bond donors (Lipinski definition) is 3.